The Hall–Kier alpha value is -2.50. The van der Waals surface area contributed by atoms with Crippen LogP contribution in [0, 0.1) is 6.92 Å². The Morgan fingerprint density at radius 1 is 0.917 bits per heavy atom. The molecule has 1 heterocycles. The molecule has 0 spiro atoms. The van der Waals surface area contributed by atoms with Gasteiger partial charge in [-0.2, -0.15) is 0 Å². The molecule has 0 bridgehead atoms. The maximum absolute atomic E-state index is 9.35. The molecule has 0 unspecified atom stereocenters. The van der Waals surface area contributed by atoms with Crippen LogP contribution >= 0.6 is 0 Å². The van der Waals surface area contributed by atoms with Gasteiger partial charge >= 0.3 is 0 Å². The summed E-state index contributed by atoms with van der Waals surface area (Å²) in [6.07, 6.45) is 0. The molecule has 24 heavy (non-hydrogen) atoms. The van der Waals surface area contributed by atoms with E-state index in [0.29, 0.717) is 18.9 Å². The van der Waals surface area contributed by atoms with E-state index in [0.717, 1.165) is 27.8 Å². The number of rotatable bonds is 6. The fourth-order valence-corrected chi connectivity index (χ4v) is 2.78. The standard InChI is InChI=1S/C19H21N3O2/c1-14-5-4-6-15(13-14)18-20-17-8-3-2-7-16(17)19(21-18)22(9-11-23)10-12-24/h2-8,13,23-24H,9-12H2,1H3. The maximum Gasteiger partial charge on any atom is 0.162 e. The summed E-state index contributed by atoms with van der Waals surface area (Å²) < 4.78 is 0. The summed E-state index contributed by atoms with van der Waals surface area (Å²) in [7, 11) is 0. The first kappa shape index (κ1) is 16.4. The Morgan fingerprint density at radius 3 is 2.38 bits per heavy atom. The lowest BCUT2D eigenvalue weighted by atomic mass is 10.1. The molecule has 3 rings (SSSR count). The van der Waals surface area contributed by atoms with E-state index in [1.165, 1.54) is 0 Å². The van der Waals surface area contributed by atoms with E-state index < -0.39 is 0 Å². The summed E-state index contributed by atoms with van der Waals surface area (Å²) in [6.45, 7) is 2.86. The molecule has 0 amide bonds. The minimum atomic E-state index is -0.00188. The minimum Gasteiger partial charge on any atom is -0.395 e. The Labute approximate surface area is 141 Å². The fourth-order valence-electron chi connectivity index (χ4n) is 2.78. The van der Waals surface area contributed by atoms with Crippen LogP contribution in [0.3, 0.4) is 0 Å². The molecule has 0 atom stereocenters. The Kier molecular flexibility index (Phi) is 5.03. The lowest BCUT2D eigenvalue weighted by molar-refractivity contribution is 0.281. The van der Waals surface area contributed by atoms with Crippen molar-refractivity contribution in [3.8, 4) is 11.4 Å². The molecule has 0 aliphatic carbocycles. The molecule has 5 heteroatoms. The molecule has 0 fully saturated rings. The SMILES string of the molecule is Cc1cccc(-c2nc(N(CCO)CCO)c3ccccc3n2)c1. The number of anilines is 1. The quantitative estimate of drug-likeness (QED) is 0.729. The monoisotopic (exact) mass is 323 g/mol. The Morgan fingerprint density at radius 2 is 1.67 bits per heavy atom. The molecule has 2 N–H and O–H groups in total. The van der Waals surface area contributed by atoms with Crippen LogP contribution in [0.5, 0.6) is 0 Å². The van der Waals surface area contributed by atoms with E-state index in [1.54, 1.807) is 0 Å². The van der Waals surface area contributed by atoms with E-state index in [4.69, 9.17) is 4.98 Å². The van der Waals surface area contributed by atoms with Gasteiger partial charge in [0.05, 0.1) is 18.7 Å². The van der Waals surface area contributed by atoms with Crippen LogP contribution in [-0.2, 0) is 0 Å². The average Bonchev–Trinajstić information content (AvgIpc) is 2.60. The van der Waals surface area contributed by atoms with Gasteiger partial charge < -0.3 is 15.1 Å². The second-order valence-electron chi connectivity index (χ2n) is 5.69. The number of aryl methyl sites for hydroxylation is 1. The van der Waals surface area contributed by atoms with Gasteiger partial charge in [0.1, 0.15) is 5.82 Å². The predicted molar refractivity (Wildman–Crippen MR) is 96.1 cm³/mol. The molecule has 2 aromatic carbocycles. The first-order valence-electron chi connectivity index (χ1n) is 8.03. The van der Waals surface area contributed by atoms with Crippen LogP contribution in [0.4, 0.5) is 5.82 Å². The highest BCUT2D eigenvalue weighted by Crippen LogP contribution is 2.27. The molecular formula is C19H21N3O2. The number of nitrogens with zero attached hydrogens (tertiary/aromatic N) is 3. The molecule has 0 radical (unpaired) electrons. The number of aliphatic hydroxyl groups excluding tert-OH is 2. The van der Waals surface area contributed by atoms with Crippen LogP contribution in [0.1, 0.15) is 5.56 Å². The third-order valence-electron chi connectivity index (χ3n) is 3.90. The summed E-state index contributed by atoms with van der Waals surface area (Å²) >= 11 is 0. The van der Waals surface area contributed by atoms with Gasteiger partial charge in [-0.25, -0.2) is 9.97 Å². The van der Waals surface area contributed by atoms with E-state index in [2.05, 4.69) is 11.1 Å². The molecule has 3 aromatic rings. The van der Waals surface area contributed by atoms with Gasteiger partial charge in [-0.05, 0) is 25.1 Å². The molecule has 0 saturated heterocycles. The van der Waals surface area contributed by atoms with Crippen LogP contribution in [0.25, 0.3) is 22.3 Å². The zero-order valence-electron chi connectivity index (χ0n) is 13.7. The minimum absolute atomic E-state index is 0.00188. The van der Waals surface area contributed by atoms with Crippen molar-refractivity contribution in [1.29, 1.82) is 0 Å². The molecule has 0 aliphatic heterocycles. The number of para-hydroxylation sites is 1. The molecule has 5 nitrogen and oxygen atoms in total. The van der Waals surface area contributed by atoms with E-state index in [9.17, 15) is 10.2 Å². The second-order valence-corrected chi connectivity index (χ2v) is 5.69. The first-order chi connectivity index (χ1) is 11.7. The summed E-state index contributed by atoms with van der Waals surface area (Å²) in [5.41, 5.74) is 2.95. The third kappa shape index (κ3) is 3.37. The fraction of sp³-hybridized carbons (Fsp3) is 0.263. The molecule has 124 valence electrons. The topological polar surface area (TPSA) is 69.5 Å². The van der Waals surface area contributed by atoms with Crippen molar-refractivity contribution in [2.24, 2.45) is 0 Å². The largest absolute Gasteiger partial charge is 0.395 e. The van der Waals surface area contributed by atoms with Gasteiger partial charge in [-0.3, -0.25) is 0 Å². The van der Waals surface area contributed by atoms with Gasteiger partial charge in [0, 0.05) is 24.0 Å². The Bertz CT molecular complexity index is 830. The number of benzene rings is 2. The van der Waals surface area contributed by atoms with Gasteiger partial charge in [0.25, 0.3) is 0 Å². The lowest BCUT2D eigenvalue weighted by Crippen LogP contribution is -2.30. The van der Waals surface area contributed by atoms with Crippen molar-refractivity contribution in [2.75, 3.05) is 31.2 Å². The Balaban J connectivity index is 2.19. The van der Waals surface area contributed by atoms with Crippen LogP contribution < -0.4 is 4.90 Å². The molecule has 0 saturated carbocycles. The predicted octanol–water partition coefficient (Wildman–Crippen LogP) is 2.40. The van der Waals surface area contributed by atoms with Crippen molar-refractivity contribution >= 4 is 16.7 Å². The van der Waals surface area contributed by atoms with Crippen molar-refractivity contribution < 1.29 is 10.2 Å². The maximum atomic E-state index is 9.35. The number of aliphatic hydroxyl groups is 2. The van der Waals surface area contributed by atoms with Crippen LogP contribution in [-0.4, -0.2) is 46.5 Å². The van der Waals surface area contributed by atoms with Crippen molar-refractivity contribution in [3.05, 3.63) is 54.1 Å². The van der Waals surface area contributed by atoms with Crippen molar-refractivity contribution in [3.63, 3.8) is 0 Å². The third-order valence-corrected chi connectivity index (χ3v) is 3.90. The van der Waals surface area contributed by atoms with Gasteiger partial charge in [-0.1, -0.05) is 35.9 Å². The van der Waals surface area contributed by atoms with E-state index >= 15 is 0 Å². The number of aromatic nitrogens is 2. The van der Waals surface area contributed by atoms with Crippen molar-refractivity contribution in [1.82, 2.24) is 9.97 Å². The summed E-state index contributed by atoms with van der Waals surface area (Å²) in [5, 5.41) is 19.6. The first-order valence-corrected chi connectivity index (χ1v) is 8.03. The number of hydrogen-bond acceptors (Lipinski definition) is 5. The lowest BCUT2D eigenvalue weighted by Gasteiger charge is -2.23. The molecule has 1 aromatic heterocycles. The zero-order chi connectivity index (χ0) is 16.9. The average molecular weight is 323 g/mol. The van der Waals surface area contributed by atoms with Gasteiger partial charge in [0.2, 0.25) is 0 Å². The van der Waals surface area contributed by atoms with E-state index in [-0.39, 0.29) is 13.2 Å². The summed E-state index contributed by atoms with van der Waals surface area (Å²) in [4.78, 5) is 11.3. The summed E-state index contributed by atoms with van der Waals surface area (Å²) in [6, 6.07) is 15.9. The van der Waals surface area contributed by atoms with E-state index in [1.807, 2.05) is 54.3 Å². The second kappa shape index (κ2) is 7.38. The molecular weight excluding hydrogens is 302 g/mol. The van der Waals surface area contributed by atoms with Gasteiger partial charge in [0.15, 0.2) is 5.82 Å². The summed E-state index contributed by atoms with van der Waals surface area (Å²) in [5.74, 6) is 1.38. The van der Waals surface area contributed by atoms with Crippen LogP contribution in [0.15, 0.2) is 48.5 Å². The van der Waals surface area contributed by atoms with Crippen molar-refractivity contribution in [2.45, 2.75) is 6.92 Å². The number of fused-ring (bicyclic) bond motifs is 1. The van der Waals surface area contributed by atoms with Gasteiger partial charge in [-0.15, -0.1) is 0 Å². The number of hydrogen-bond donors (Lipinski definition) is 2. The highest BCUT2D eigenvalue weighted by molar-refractivity contribution is 5.91. The zero-order valence-corrected chi connectivity index (χ0v) is 13.7. The van der Waals surface area contributed by atoms with Crippen LogP contribution in [0.2, 0.25) is 0 Å². The molecule has 0 aliphatic rings. The smallest absolute Gasteiger partial charge is 0.162 e. The normalized spacial score (nSPS) is 11.0. The highest BCUT2D eigenvalue weighted by Gasteiger charge is 2.15. The highest BCUT2D eigenvalue weighted by atomic mass is 16.3.